The molecule has 100 valence electrons. The maximum atomic E-state index is 13.2. The van der Waals surface area contributed by atoms with Crippen LogP contribution < -0.4 is 5.32 Å². The van der Waals surface area contributed by atoms with Gasteiger partial charge in [-0.25, -0.2) is 8.78 Å². The minimum Gasteiger partial charge on any atom is -0.306 e. The van der Waals surface area contributed by atoms with E-state index in [1.54, 1.807) is 6.07 Å². The van der Waals surface area contributed by atoms with Crippen molar-refractivity contribution in [2.24, 2.45) is 0 Å². The molecule has 19 heavy (non-hydrogen) atoms. The first-order valence-corrected chi connectivity index (χ1v) is 6.78. The van der Waals surface area contributed by atoms with E-state index in [1.807, 2.05) is 19.1 Å². The lowest BCUT2D eigenvalue weighted by molar-refractivity contribution is 0.561. The van der Waals surface area contributed by atoms with Crippen LogP contribution in [-0.2, 0) is 6.54 Å². The molecule has 0 aliphatic carbocycles. The van der Waals surface area contributed by atoms with Crippen molar-refractivity contribution in [2.75, 3.05) is 0 Å². The molecule has 0 spiro atoms. The lowest BCUT2D eigenvalue weighted by Gasteiger charge is -2.14. The number of nitrogens with one attached hydrogen (secondary N) is 1. The van der Waals surface area contributed by atoms with E-state index in [4.69, 9.17) is 0 Å². The zero-order valence-electron chi connectivity index (χ0n) is 10.5. The van der Waals surface area contributed by atoms with Gasteiger partial charge >= 0.3 is 0 Å². The normalized spacial score (nSPS) is 12.4. The molecule has 2 aromatic rings. The van der Waals surface area contributed by atoms with Crippen LogP contribution in [0.5, 0.6) is 0 Å². The molecule has 0 radical (unpaired) electrons. The van der Waals surface area contributed by atoms with Crippen molar-refractivity contribution in [3.63, 3.8) is 0 Å². The maximum Gasteiger partial charge on any atom is 0.124 e. The van der Waals surface area contributed by atoms with Crippen LogP contribution >= 0.6 is 15.9 Å². The second kappa shape index (κ2) is 6.26. The molecule has 0 saturated carbocycles. The van der Waals surface area contributed by atoms with Crippen molar-refractivity contribution in [3.05, 3.63) is 69.7 Å². The zero-order valence-corrected chi connectivity index (χ0v) is 12.0. The van der Waals surface area contributed by atoms with Crippen LogP contribution in [-0.4, -0.2) is 0 Å². The first-order valence-electron chi connectivity index (χ1n) is 5.98. The average Bonchev–Trinajstić information content (AvgIpc) is 2.35. The third-order valence-corrected chi connectivity index (χ3v) is 3.34. The molecule has 2 aromatic carbocycles. The van der Waals surface area contributed by atoms with Crippen LogP contribution in [0.15, 0.2) is 46.9 Å². The van der Waals surface area contributed by atoms with Gasteiger partial charge in [0.2, 0.25) is 0 Å². The molecule has 0 amide bonds. The fourth-order valence-electron chi connectivity index (χ4n) is 1.88. The highest BCUT2D eigenvalue weighted by molar-refractivity contribution is 9.10. The van der Waals surface area contributed by atoms with E-state index in [-0.39, 0.29) is 17.7 Å². The van der Waals surface area contributed by atoms with Gasteiger partial charge in [0.15, 0.2) is 0 Å². The molecule has 0 bridgehead atoms. The van der Waals surface area contributed by atoms with E-state index in [0.717, 1.165) is 11.1 Å². The van der Waals surface area contributed by atoms with Gasteiger partial charge in [0.1, 0.15) is 11.6 Å². The van der Waals surface area contributed by atoms with E-state index < -0.39 is 0 Å². The molecule has 0 aliphatic heterocycles. The molecule has 0 fully saturated rings. The fourth-order valence-corrected chi connectivity index (χ4v) is 2.39. The Balaban J connectivity index is 2.02. The molecule has 0 aromatic heterocycles. The molecule has 1 nitrogen and oxygen atoms in total. The van der Waals surface area contributed by atoms with Crippen molar-refractivity contribution >= 4 is 15.9 Å². The molecule has 1 atom stereocenters. The first kappa shape index (κ1) is 14.2. The summed E-state index contributed by atoms with van der Waals surface area (Å²) >= 11 is 3.26. The standard InChI is InChI=1S/C15H14BrF2N/c1-10(12-3-2-4-14(17)7-12)19-9-11-5-13(16)8-15(18)6-11/h2-8,10,19H,9H2,1H3/t10-/m1/s1. The Morgan fingerprint density at radius 3 is 2.58 bits per heavy atom. The van der Waals surface area contributed by atoms with Gasteiger partial charge in [0.05, 0.1) is 0 Å². The third-order valence-electron chi connectivity index (χ3n) is 2.88. The lowest BCUT2D eigenvalue weighted by atomic mass is 10.1. The van der Waals surface area contributed by atoms with Gasteiger partial charge in [-0.05, 0) is 48.4 Å². The molecule has 0 heterocycles. The Bertz CT molecular complexity index is 552. The summed E-state index contributed by atoms with van der Waals surface area (Å²) in [5.74, 6) is -0.524. The highest BCUT2D eigenvalue weighted by Crippen LogP contribution is 2.17. The number of rotatable bonds is 4. The predicted octanol–water partition coefficient (Wildman–Crippen LogP) is 4.58. The quantitative estimate of drug-likeness (QED) is 0.867. The minimum atomic E-state index is -0.274. The van der Waals surface area contributed by atoms with E-state index in [0.29, 0.717) is 11.0 Å². The van der Waals surface area contributed by atoms with Crippen LogP contribution in [0.2, 0.25) is 0 Å². The molecular formula is C15H14BrF2N. The molecule has 0 saturated heterocycles. The third kappa shape index (κ3) is 4.11. The predicted molar refractivity (Wildman–Crippen MR) is 75.8 cm³/mol. The van der Waals surface area contributed by atoms with Crippen LogP contribution in [0.4, 0.5) is 8.78 Å². The smallest absolute Gasteiger partial charge is 0.124 e. The summed E-state index contributed by atoms with van der Waals surface area (Å²) in [5, 5.41) is 3.24. The van der Waals surface area contributed by atoms with Crippen molar-refractivity contribution in [3.8, 4) is 0 Å². The Morgan fingerprint density at radius 2 is 1.89 bits per heavy atom. The van der Waals surface area contributed by atoms with Crippen molar-refractivity contribution in [1.82, 2.24) is 5.32 Å². The SMILES string of the molecule is C[C@@H](NCc1cc(F)cc(Br)c1)c1cccc(F)c1. The van der Waals surface area contributed by atoms with Gasteiger partial charge in [0, 0.05) is 17.1 Å². The van der Waals surface area contributed by atoms with Gasteiger partial charge in [-0.1, -0.05) is 28.1 Å². The summed E-state index contributed by atoms with van der Waals surface area (Å²) in [6, 6.07) is 11.2. The Kier molecular flexibility index (Phi) is 4.66. The summed E-state index contributed by atoms with van der Waals surface area (Å²) in [7, 11) is 0. The van der Waals surface area contributed by atoms with Gasteiger partial charge in [-0.2, -0.15) is 0 Å². The summed E-state index contributed by atoms with van der Waals surface area (Å²) in [6.07, 6.45) is 0. The zero-order chi connectivity index (χ0) is 13.8. The summed E-state index contributed by atoms with van der Waals surface area (Å²) in [5.41, 5.74) is 1.71. The second-order valence-corrected chi connectivity index (χ2v) is 5.35. The Morgan fingerprint density at radius 1 is 1.11 bits per heavy atom. The van der Waals surface area contributed by atoms with Gasteiger partial charge in [-0.3, -0.25) is 0 Å². The van der Waals surface area contributed by atoms with Crippen molar-refractivity contribution < 1.29 is 8.78 Å². The summed E-state index contributed by atoms with van der Waals surface area (Å²) in [4.78, 5) is 0. The highest BCUT2D eigenvalue weighted by Gasteiger charge is 2.06. The lowest BCUT2D eigenvalue weighted by Crippen LogP contribution is -2.18. The number of benzene rings is 2. The van der Waals surface area contributed by atoms with Gasteiger partial charge in [0.25, 0.3) is 0 Å². The Labute approximate surface area is 119 Å². The van der Waals surface area contributed by atoms with Gasteiger partial charge in [-0.15, -0.1) is 0 Å². The molecule has 1 N–H and O–H groups in total. The van der Waals surface area contributed by atoms with Crippen LogP contribution in [0.1, 0.15) is 24.1 Å². The maximum absolute atomic E-state index is 13.2. The number of halogens is 3. The molecule has 0 aliphatic rings. The number of hydrogen-bond donors (Lipinski definition) is 1. The Hall–Kier alpha value is -1.26. The fraction of sp³-hybridized carbons (Fsp3) is 0.200. The van der Waals surface area contributed by atoms with E-state index in [2.05, 4.69) is 21.2 Å². The topological polar surface area (TPSA) is 12.0 Å². The summed E-state index contributed by atoms with van der Waals surface area (Å²) < 4.78 is 27.0. The monoisotopic (exact) mass is 325 g/mol. The average molecular weight is 326 g/mol. The second-order valence-electron chi connectivity index (χ2n) is 4.44. The van der Waals surface area contributed by atoms with Crippen molar-refractivity contribution in [2.45, 2.75) is 19.5 Å². The largest absolute Gasteiger partial charge is 0.306 e. The number of hydrogen-bond acceptors (Lipinski definition) is 1. The molecule has 2 rings (SSSR count). The molecule has 4 heteroatoms. The van der Waals surface area contributed by atoms with E-state index >= 15 is 0 Å². The minimum absolute atomic E-state index is 0.00209. The molecule has 0 unspecified atom stereocenters. The van der Waals surface area contributed by atoms with E-state index in [9.17, 15) is 8.78 Å². The van der Waals surface area contributed by atoms with Crippen LogP contribution in [0.25, 0.3) is 0 Å². The van der Waals surface area contributed by atoms with Crippen LogP contribution in [0.3, 0.4) is 0 Å². The van der Waals surface area contributed by atoms with Gasteiger partial charge < -0.3 is 5.32 Å². The van der Waals surface area contributed by atoms with Crippen molar-refractivity contribution in [1.29, 1.82) is 0 Å². The van der Waals surface area contributed by atoms with Crippen LogP contribution in [0, 0.1) is 11.6 Å². The highest BCUT2D eigenvalue weighted by atomic mass is 79.9. The summed E-state index contributed by atoms with van der Waals surface area (Å²) in [6.45, 7) is 2.47. The molecular weight excluding hydrogens is 312 g/mol. The first-order chi connectivity index (χ1) is 9.04. The van der Waals surface area contributed by atoms with E-state index in [1.165, 1.54) is 24.3 Å².